The molecule has 0 aliphatic heterocycles. The molecule has 6 N–H and O–H groups in total. The number of aliphatic hydroxyl groups excluding tert-OH is 6. The van der Waals surface area contributed by atoms with E-state index in [-0.39, 0.29) is 39.6 Å². The van der Waals surface area contributed by atoms with Gasteiger partial charge in [0.1, 0.15) is 0 Å². The van der Waals surface area contributed by atoms with Gasteiger partial charge in [0.2, 0.25) is 0 Å². The van der Waals surface area contributed by atoms with Crippen molar-refractivity contribution in [1.82, 2.24) is 0 Å². The molecule has 0 heterocycles. The first-order chi connectivity index (χ1) is 49.6. The highest BCUT2D eigenvalue weighted by molar-refractivity contribution is 6.89. The minimum Gasteiger partial charge on any atom is -0.456 e. The van der Waals surface area contributed by atoms with Crippen LogP contribution >= 0.6 is 0 Å². The molecule has 0 spiro atoms. The Labute approximate surface area is 682 Å². The molecule has 0 aliphatic rings. The summed E-state index contributed by atoms with van der Waals surface area (Å²) < 4.78 is 81.0. The van der Waals surface area contributed by atoms with Crippen molar-refractivity contribution >= 4 is 109 Å². The number of unbranched alkanes of at least 4 members (excludes halogenated alkanes) is 6. The van der Waals surface area contributed by atoms with Crippen LogP contribution in [0, 0.1) is 16.2 Å². The van der Waals surface area contributed by atoms with E-state index >= 15 is 0 Å². The summed E-state index contributed by atoms with van der Waals surface area (Å²) in [7, 11) is -21.3. The number of hydrogen-bond acceptors (Lipinski definition) is 19. The summed E-state index contributed by atoms with van der Waals surface area (Å²) in [5.41, 5.74) is -2.22. The number of aliphatic hydroxyl groups is 6. The van der Waals surface area contributed by atoms with Gasteiger partial charge in [0.05, 0.1) is 112 Å². The van der Waals surface area contributed by atoms with Gasteiger partial charge in [-0.25, -0.2) is 0 Å². The van der Waals surface area contributed by atoms with Gasteiger partial charge in [0.15, 0.2) is 66.5 Å². The molecule has 108 heavy (non-hydrogen) atoms. The topological polar surface area (TPSA) is 241 Å². The fourth-order valence-electron chi connectivity index (χ4n) is 13.8. The zero-order valence-electron chi connectivity index (χ0n) is 76.8. The van der Waals surface area contributed by atoms with Crippen LogP contribution in [0.3, 0.4) is 0 Å². The zero-order chi connectivity index (χ0) is 84.0. The third-order valence-corrected chi connectivity index (χ3v) is 65.6. The second kappa shape index (κ2) is 56.6. The highest BCUT2D eigenvalue weighted by atomic mass is 28.5. The molecule has 0 saturated carbocycles. The summed E-state index contributed by atoms with van der Waals surface area (Å²) in [5.74, 6) is 0. The molecule has 0 aliphatic carbocycles. The summed E-state index contributed by atoms with van der Waals surface area (Å²) in [4.78, 5) is 0. The summed E-state index contributed by atoms with van der Waals surface area (Å²) >= 11 is 0. The molecule has 0 atom stereocenters. The second-order valence-electron chi connectivity index (χ2n) is 39.7. The lowest BCUT2D eigenvalue weighted by atomic mass is 9.92. The van der Waals surface area contributed by atoms with Gasteiger partial charge in [0, 0.05) is 39.6 Å². The Balaban J connectivity index is -0.00000156. The van der Waals surface area contributed by atoms with Gasteiger partial charge in [-0.2, -0.15) is 0 Å². The van der Waals surface area contributed by atoms with Gasteiger partial charge < -0.3 is 87.9 Å². The lowest BCUT2D eigenvalue weighted by Gasteiger charge is -2.38. The highest BCUT2D eigenvalue weighted by Crippen LogP contribution is 2.32. The quantitative estimate of drug-likeness (QED) is 0.0245. The van der Waals surface area contributed by atoms with E-state index in [9.17, 15) is 30.6 Å². The third-order valence-electron chi connectivity index (χ3n) is 19.7. The molecule has 0 amide bonds. The van der Waals surface area contributed by atoms with Crippen LogP contribution in [0.2, 0.25) is 236 Å². The van der Waals surface area contributed by atoms with E-state index in [1.54, 1.807) is 0 Å². The maximum atomic E-state index is 10.0. The van der Waals surface area contributed by atoms with Gasteiger partial charge in [-0.1, -0.05) is 128 Å². The molecule has 0 rings (SSSR count). The van der Waals surface area contributed by atoms with Crippen LogP contribution in [0.15, 0.2) is 0 Å². The Hall–Kier alpha value is 2.06. The molecule has 0 bridgehead atoms. The van der Waals surface area contributed by atoms with Crippen molar-refractivity contribution in [2.75, 3.05) is 119 Å². The molecular formula is C76H184O19Si13. The fourth-order valence-corrected chi connectivity index (χ4v) is 62.4. The van der Waals surface area contributed by atoms with Crippen molar-refractivity contribution in [1.29, 1.82) is 0 Å². The predicted molar refractivity (Wildman–Crippen MR) is 492 cm³/mol. The Morgan fingerprint density at radius 3 is 0.704 bits per heavy atom. The van der Waals surface area contributed by atoms with E-state index in [0.29, 0.717) is 79.3 Å². The van der Waals surface area contributed by atoms with E-state index < -0.39 is 125 Å². The highest BCUT2D eigenvalue weighted by Gasteiger charge is 2.42. The van der Waals surface area contributed by atoms with Crippen LogP contribution in [0.5, 0.6) is 0 Å². The molecule has 0 unspecified atom stereocenters. The van der Waals surface area contributed by atoms with Crippen molar-refractivity contribution in [2.45, 2.75) is 355 Å². The fraction of sp³-hybridized carbons (Fsp3) is 1.00. The molecule has 32 heteroatoms. The Bertz CT molecular complexity index is 2090. The lowest BCUT2D eigenvalue weighted by Crippen LogP contribution is -2.52. The van der Waals surface area contributed by atoms with Crippen molar-refractivity contribution in [3.8, 4) is 0 Å². The Kier molecular flexibility index (Phi) is 59.8. The maximum absolute atomic E-state index is 10.0. The van der Waals surface area contributed by atoms with Gasteiger partial charge in [-0.3, -0.25) is 0 Å². The zero-order valence-corrected chi connectivity index (χ0v) is 89.9. The van der Waals surface area contributed by atoms with Crippen LogP contribution in [0.25, 0.3) is 0 Å². The monoisotopic (exact) mass is 1770 g/mol. The molecule has 0 aromatic carbocycles. The lowest BCUT2D eigenvalue weighted by molar-refractivity contribution is -0.0777. The van der Waals surface area contributed by atoms with E-state index in [1.165, 1.54) is 48.4 Å². The predicted octanol–water partition coefficient (Wildman–Crippen LogP) is 19.2. The molecule has 654 valence electrons. The van der Waals surface area contributed by atoms with E-state index in [0.717, 1.165) is 101 Å². The van der Waals surface area contributed by atoms with Crippen LogP contribution in [0.4, 0.5) is 0 Å². The Morgan fingerprint density at radius 1 is 0.241 bits per heavy atom. The molecule has 0 aromatic rings. The van der Waals surface area contributed by atoms with Crippen molar-refractivity contribution < 1.29 is 87.9 Å². The largest absolute Gasteiger partial charge is 0.456 e. The van der Waals surface area contributed by atoms with E-state index in [1.807, 2.05) is 0 Å². The average molecular weight is 1770 g/mol. The van der Waals surface area contributed by atoms with Gasteiger partial charge in [-0.15, -0.1) is 0 Å². The van der Waals surface area contributed by atoms with Crippen molar-refractivity contribution in [3.63, 3.8) is 0 Å². The molecule has 0 saturated heterocycles. The summed E-state index contributed by atoms with van der Waals surface area (Å²) in [6.07, 6.45) is 12.6. The normalized spacial score (nSPS) is 14.1. The first-order valence-corrected chi connectivity index (χ1v) is 82.0. The molecular weight excluding hydrogens is 1580 g/mol. The van der Waals surface area contributed by atoms with E-state index in [4.69, 9.17) is 57.2 Å². The third kappa shape index (κ3) is 60.5. The van der Waals surface area contributed by atoms with Crippen molar-refractivity contribution in [2.24, 2.45) is 16.2 Å². The van der Waals surface area contributed by atoms with Crippen LogP contribution in [-0.2, 0) is 57.2 Å². The standard InChI is InChI=1S/C30H74O8Si6.C24H58O6Si4.C22H52O5Si3/c1-40(2,3)35-39(36-41(4,5)6)24-20-16-14-18-22-33-28-30(26-31,27-32)29-34-23-19-15-17-21-25-44(13,37-42(7,8)9)38-43(10,11)12;1-11-34(12-2,13-3)19-15-17-28-23-24(20-25,21-26)22-27-16-14-18-33(10,29-31(4,5)6)30-32(7,8)9;1-9-30(10-2,11-3)17-13-15-26-21-22(18-23,19-24)20-25-14-12-16-29(7,8)27-28(4,5)6/h31-32,39H,14-29H2,1-13H3;25-26H,11-23H2,1-10H3;23-24H,9-21H2,1-8H3. The van der Waals surface area contributed by atoms with Gasteiger partial charge in [-0.05, 0) is 226 Å². The van der Waals surface area contributed by atoms with Crippen LogP contribution in [0.1, 0.15) is 119 Å². The summed E-state index contributed by atoms with van der Waals surface area (Å²) in [5, 5.41) is 59.7. The molecule has 0 fully saturated rings. The first kappa shape index (κ1) is 114. The SMILES string of the molecule is CC[Si](CC)(CC)CCCOCC(CO)(CO)COCCC[Si](C)(C)O[Si](C)(C)C.CC[Si](CC)(CC)CCCOCC(CO)(CO)COCCC[Si](C)(O[Si](C)(C)C)O[Si](C)(C)C.C[Si](C)(C)O[SiH](CCCCCCOCC(CO)(CO)COCCCCCC[Si](C)(O[Si](C)(C)C)O[Si](C)(C)C)O[Si](C)(C)C. The average Bonchev–Trinajstić information content (AvgIpc) is 0.840. The first-order valence-electron chi connectivity index (χ1n) is 42.6. The summed E-state index contributed by atoms with van der Waals surface area (Å²) in [6.45, 7) is 74.9. The number of rotatable bonds is 68. The van der Waals surface area contributed by atoms with Crippen LogP contribution in [-0.4, -0.2) is 259 Å². The Morgan fingerprint density at radius 2 is 0.463 bits per heavy atom. The molecule has 0 aromatic heterocycles. The van der Waals surface area contributed by atoms with Gasteiger partial charge in [0.25, 0.3) is 0 Å². The van der Waals surface area contributed by atoms with Crippen LogP contribution < -0.4 is 0 Å². The van der Waals surface area contributed by atoms with E-state index in [2.05, 4.69) is 205 Å². The van der Waals surface area contributed by atoms with Crippen molar-refractivity contribution in [3.05, 3.63) is 0 Å². The minimum atomic E-state index is -2.26. The molecule has 19 nitrogen and oxygen atoms in total. The smallest absolute Gasteiger partial charge is 0.314 e. The second-order valence-corrected chi connectivity index (χ2v) is 97.4. The minimum absolute atomic E-state index is 0.125. The number of ether oxygens (including phenoxy) is 6. The summed E-state index contributed by atoms with van der Waals surface area (Å²) in [6, 6.07) is 14.7. The maximum Gasteiger partial charge on any atom is 0.314 e. The molecule has 0 radical (unpaired) electrons. The van der Waals surface area contributed by atoms with Gasteiger partial charge >= 0.3 is 26.4 Å². The number of hydrogen-bond donors (Lipinski definition) is 6.